The highest BCUT2D eigenvalue weighted by atomic mass is 35.5. The van der Waals surface area contributed by atoms with Crippen molar-refractivity contribution in [1.29, 1.82) is 0 Å². The number of alkyl halides is 3. The highest BCUT2D eigenvalue weighted by molar-refractivity contribution is 6.64. The molecule has 0 aromatic carbocycles. The van der Waals surface area contributed by atoms with Crippen molar-refractivity contribution in [2.24, 2.45) is 0 Å². The summed E-state index contributed by atoms with van der Waals surface area (Å²) in [6, 6.07) is 0. The van der Waals surface area contributed by atoms with E-state index in [1.54, 1.807) is 0 Å². The van der Waals surface area contributed by atoms with Crippen molar-refractivity contribution in [3.63, 3.8) is 0 Å². The van der Waals surface area contributed by atoms with E-state index in [1.165, 1.54) is 0 Å². The van der Waals surface area contributed by atoms with E-state index >= 15 is 0 Å². The van der Waals surface area contributed by atoms with Crippen LogP contribution in [0.5, 0.6) is 0 Å². The number of piperidine rings is 1. The van der Waals surface area contributed by atoms with E-state index in [2.05, 4.69) is 10.1 Å². The Labute approximate surface area is 95.8 Å². The molecule has 1 N–H and O–H groups in total. The molecule has 1 heterocycles. The van der Waals surface area contributed by atoms with Gasteiger partial charge in [-0.15, -0.1) is 0 Å². The third-order valence-corrected chi connectivity index (χ3v) is 2.99. The average Bonchev–Trinajstić information content (AvgIpc) is 2.12. The maximum Gasteiger partial charge on any atom is 0.336 e. The van der Waals surface area contributed by atoms with Crippen molar-refractivity contribution >= 4 is 46.6 Å². The molecule has 1 saturated heterocycles. The number of methoxy groups -OCH3 is 1. The van der Waals surface area contributed by atoms with Crippen LogP contribution in [0.4, 0.5) is 0 Å². The zero-order valence-corrected chi connectivity index (χ0v) is 9.54. The molecule has 0 bridgehead atoms. The average molecular weight is 261 g/mol. The minimum Gasteiger partial charge on any atom is -0.467 e. The van der Waals surface area contributed by atoms with E-state index in [4.69, 9.17) is 34.8 Å². The van der Waals surface area contributed by atoms with Crippen molar-refractivity contribution in [2.45, 2.75) is 9.21 Å². The Bertz CT molecular complexity index is 281. The predicted octanol–water partition coefficient (Wildman–Crippen LogP) is 0.483. The lowest BCUT2D eigenvalue weighted by Gasteiger charge is -2.34. The first-order valence-corrected chi connectivity index (χ1v) is 4.89. The Hall–Kier alpha value is -0.0300. The number of nitrogens with one attached hydrogen (secondary N) is 1. The second-order valence-electron chi connectivity index (χ2n) is 2.93. The Kier molecular flexibility index (Phi) is 3.31. The zero-order chi connectivity index (χ0) is 11.0. The summed E-state index contributed by atoms with van der Waals surface area (Å²) in [7, 11) is 1.14. The fraction of sp³-hybridized carbons (Fsp3) is 0.714. The molecule has 1 unspecified atom stereocenters. The van der Waals surface area contributed by atoms with E-state index in [0.29, 0.717) is 0 Å². The van der Waals surface area contributed by atoms with E-state index in [0.717, 1.165) is 7.11 Å². The zero-order valence-electron chi connectivity index (χ0n) is 7.27. The fourth-order valence-corrected chi connectivity index (χ4v) is 2.11. The second kappa shape index (κ2) is 3.85. The molecular formula is C7H8Cl3NO3. The number of ether oxygens (including phenoxy) is 1. The van der Waals surface area contributed by atoms with Crippen LogP contribution in [-0.2, 0) is 14.3 Å². The van der Waals surface area contributed by atoms with Crippen molar-refractivity contribution in [2.75, 3.05) is 20.2 Å². The Morgan fingerprint density at radius 1 is 1.43 bits per heavy atom. The summed E-state index contributed by atoms with van der Waals surface area (Å²) >= 11 is 17.1. The third kappa shape index (κ3) is 1.84. The van der Waals surface area contributed by atoms with E-state index in [1.807, 2.05) is 0 Å². The number of hydrogen-bond acceptors (Lipinski definition) is 4. The van der Waals surface area contributed by atoms with E-state index in [9.17, 15) is 9.59 Å². The van der Waals surface area contributed by atoms with Gasteiger partial charge in [0, 0.05) is 13.1 Å². The molecule has 0 radical (unpaired) electrons. The van der Waals surface area contributed by atoms with Crippen molar-refractivity contribution in [3.05, 3.63) is 0 Å². The maximum absolute atomic E-state index is 11.6. The molecule has 0 amide bonds. The number of hydrogen-bond donors (Lipinski definition) is 1. The number of ketones is 1. The van der Waals surface area contributed by atoms with Gasteiger partial charge >= 0.3 is 5.97 Å². The summed E-state index contributed by atoms with van der Waals surface area (Å²) < 4.78 is 2.72. The lowest BCUT2D eigenvalue weighted by Crippen LogP contribution is -2.63. The van der Waals surface area contributed by atoms with Gasteiger partial charge in [-0.2, -0.15) is 0 Å². The van der Waals surface area contributed by atoms with Crippen LogP contribution in [0, 0.1) is 0 Å². The van der Waals surface area contributed by atoms with Gasteiger partial charge in [0.15, 0.2) is 4.33 Å². The molecule has 0 aromatic heterocycles. The largest absolute Gasteiger partial charge is 0.467 e. The molecule has 0 saturated carbocycles. The number of carbonyl (C=O) groups is 2. The normalized spacial score (nSPS) is 31.3. The van der Waals surface area contributed by atoms with Crippen molar-refractivity contribution in [1.82, 2.24) is 5.32 Å². The number of rotatable bonds is 1. The molecule has 0 aliphatic carbocycles. The van der Waals surface area contributed by atoms with Gasteiger partial charge in [0.25, 0.3) is 0 Å². The van der Waals surface area contributed by atoms with Crippen LogP contribution in [-0.4, -0.2) is 41.2 Å². The summed E-state index contributed by atoms with van der Waals surface area (Å²) in [6.45, 7) is 0.0155. The highest BCUT2D eigenvalue weighted by Gasteiger charge is 2.56. The van der Waals surface area contributed by atoms with Gasteiger partial charge in [-0.3, -0.25) is 4.79 Å². The summed E-state index contributed by atoms with van der Waals surface area (Å²) in [4.78, 5) is 21.1. The van der Waals surface area contributed by atoms with Gasteiger partial charge in [-0.05, 0) is 0 Å². The topological polar surface area (TPSA) is 55.4 Å². The molecule has 1 aliphatic heterocycles. The van der Waals surface area contributed by atoms with Gasteiger partial charge in [-0.1, -0.05) is 34.8 Å². The van der Waals surface area contributed by atoms with Crippen LogP contribution >= 0.6 is 34.8 Å². The first-order valence-electron chi connectivity index (χ1n) is 3.75. The van der Waals surface area contributed by atoms with E-state index < -0.39 is 21.0 Å². The molecule has 1 rings (SSSR count). The minimum absolute atomic E-state index is 0.0404. The molecule has 1 atom stereocenters. The van der Waals surface area contributed by atoms with Gasteiger partial charge in [0.1, 0.15) is 0 Å². The smallest absolute Gasteiger partial charge is 0.336 e. The van der Waals surface area contributed by atoms with Crippen LogP contribution in [0.25, 0.3) is 0 Å². The highest BCUT2D eigenvalue weighted by Crippen LogP contribution is 2.34. The monoisotopic (exact) mass is 259 g/mol. The lowest BCUT2D eigenvalue weighted by molar-refractivity contribution is -0.148. The molecule has 1 aliphatic rings. The van der Waals surface area contributed by atoms with Crippen LogP contribution < -0.4 is 5.32 Å². The summed E-state index contributed by atoms with van der Waals surface area (Å²) in [6.07, 6.45) is 0. The fourth-order valence-electron chi connectivity index (χ4n) is 1.17. The summed E-state index contributed by atoms with van der Waals surface area (Å²) in [5.74, 6) is -1.61. The Morgan fingerprint density at radius 2 is 2.00 bits per heavy atom. The molecule has 14 heavy (non-hydrogen) atoms. The molecule has 4 nitrogen and oxygen atoms in total. The summed E-state index contributed by atoms with van der Waals surface area (Å²) in [5.41, 5.74) is 0. The van der Waals surface area contributed by atoms with Crippen LogP contribution in [0.2, 0.25) is 0 Å². The van der Waals surface area contributed by atoms with Crippen molar-refractivity contribution in [3.8, 4) is 0 Å². The number of Topliss-reactive ketones (excluding diaryl/α,β-unsaturated/α-hetero) is 1. The molecule has 0 spiro atoms. The van der Waals surface area contributed by atoms with Gasteiger partial charge < -0.3 is 10.1 Å². The quantitative estimate of drug-likeness (QED) is 0.423. The standard InChI is InChI=1S/C7H8Cl3NO3/c1-14-5(13)6(8)2-11-3-7(9,10)4(6)12/h11H,2-3H2,1H3. The molecule has 0 aromatic rings. The Morgan fingerprint density at radius 3 is 2.50 bits per heavy atom. The van der Waals surface area contributed by atoms with Gasteiger partial charge in [0.2, 0.25) is 10.7 Å². The van der Waals surface area contributed by atoms with Gasteiger partial charge in [-0.25, -0.2) is 4.79 Å². The van der Waals surface area contributed by atoms with Crippen molar-refractivity contribution < 1.29 is 14.3 Å². The number of carbonyl (C=O) groups excluding carboxylic acids is 2. The molecule has 1 fully saturated rings. The lowest BCUT2D eigenvalue weighted by atomic mass is 9.96. The molecular weight excluding hydrogens is 252 g/mol. The molecule has 7 heteroatoms. The maximum atomic E-state index is 11.6. The minimum atomic E-state index is -1.82. The predicted molar refractivity (Wildman–Crippen MR) is 52.9 cm³/mol. The SMILES string of the molecule is COC(=O)C1(Cl)CNCC(Cl)(Cl)C1=O. The van der Waals surface area contributed by atoms with Gasteiger partial charge in [0.05, 0.1) is 7.11 Å². The van der Waals surface area contributed by atoms with E-state index in [-0.39, 0.29) is 13.1 Å². The first kappa shape index (κ1) is 12.0. The number of halogens is 3. The van der Waals surface area contributed by atoms with Crippen LogP contribution in [0.15, 0.2) is 0 Å². The second-order valence-corrected chi connectivity index (χ2v) is 5.06. The van der Waals surface area contributed by atoms with Crippen LogP contribution in [0.3, 0.4) is 0 Å². The Balaban J connectivity index is 2.99. The summed E-state index contributed by atoms with van der Waals surface area (Å²) in [5, 5.41) is 2.69. The third-order valence-electron chi connectivity index (χ3n) is 1.92. The number of esters is 1. The molecule has 80 valence electrons. The first-order chi connectivity index (χ1) is 6.34. The van der Waals surface area contributed by atoms with Crippen LogP contribution in [0.1, 0.15) is 0 Å².